The van der Waals surface area contributed by atoms with Crippen molar-refractivity contribution in [2.45, 2.75) is 0 Å². The van der Waals surface area contributed by atoms with E-state index in [1.807, 2.05) is 91.0 Å². The van der Waals surface area contributed by atoms with Crippen molar-refractivity contribution in [3.8, 4) is 33.4 Å². The number of hydrogen-bond donors (Lipinski definition) is 0. The third-order valence-corrected chi connectivity index (χ3v) is 8.08. The Balaban J connectivity index is 1.35. The van der Waals surface area contributed by atoms with E-state index in [-0.39, 0.29) is 47.7 Å². The van der Waals surface area contributed by atoms with E-state index < -0.39 is 0 Å². The fourth-order valence-corrected chi connectivity index (χ4v) is 6.23. The van der Waals surface area contributed by atoms with E-state index in [4.69, 9.17) is 18.4 Å². The topological polar surface area (TPSA) is 26.3 Å². The van der Waals surface area contributed by atoms with Gasteiger partial charge in [0.1, 0.15) is 16.7 Å². The van der Waals surface area contributed by atoms with Crippen molar-refractivity contribution in [1.29, 1.82) is 0 Å². The second-order valence-electron chi connectivity index (χ2n) is 10.3. The summed E-state index contributed by atoms with van der Waals surface area (Å²) in [6.07, 6.45) is 1.67. The minimum absolute atomic E-state index is 0.137. The van der Waals surface area contributed by atoms with Crippen molar-refractivity contribution in [2.24, 2.45) is 0 Å². The number of furan rings is 2. The monoisotopic (exact) mass is 543 g/mol. The normalized spacial score (nSPS) is 14.1. The Morgan fingerprint density at radius 3 is 1.98 bits per heavy atom. The first-order chi connectivity index (χ1) is 23.7. The molecule has 0 N–H and O–H groups in total. The first-order valence-electron chi connectivity index (χ1n) is 17.2. The van der Waals surface area contributed by atoms with E-state index in [1.54, 1.807) is 6.26 Å². The predicted octanol–water partition coefficient (Wildman–Crippen LogP) is 11.6. The van der Waals surface area contributed by atoms with E-state index in [9.17, 15) is 0 Å². The van der Waals surface area contributed by atoms with Crippen LogP contribution in [0.25, 0.3) is 87.8 Å². The van der Waals surface area contributed by atoms with Crippen molar-refractivity contribution >= 4 is 54.5 Å². The van der Waals surface area contributed by atoms with E-state index in [0.29, 0.717) is 44.0 Å². The van der Waals surface area contributed by atoms with E-state index >= 15 is 0 Å². The van der Waals surface area contributed by atoms with Gasteiger partial charge >= 0.3 is 0 Å². The fourth-order valence-electron chi connectivity index (χ4n) is 6.23. The van der Waals surface area contributed by atoms with E-state index in [2.05, 4.69) is 0 Å². The maximum Gasteiger partial charge on any atom is 0.145 e. The highest BCUT2D eigenvalue weighted by Gasteiger charge is 2.18. The van der Waals surface area contributed by atoms with Gasteiger partial charge in [0, 0.05) is 16.3 Å². The van der Waals surface area contributed by atoms with Gasteiger partial charge in [0.2, 0.25) is 0 Å². The molecule has 0 saturated carbocycles. The average Bonchev–Trinajstić information content (AvgIpc) is 3.76. The smallest absolute Gasteiger partial charge is 0.145 e. The molecule has 0 aliphatic rings. The van der Waals surface area contributed by atoms with Gasteiger partial charge in [-0.2, -0.15) is 0 Å². The van der Waals surface area contributed by atoms with Gasteiger partial charge in [-0.15, -0.1) is 0 Å². The molecule has 0 spiro atoms. The Bertz CT molecular complexity index is 2840. The molecule has 2 heteroatoms. The lowest BCUT2D eigenvalue weighted by molar-refractivity contribution is 0.618. The predicted molar refractivity (Wildman–Crippen MR) is 175 cm³/mol. The van der Waals surface area contributed by atoms with Crippen molar-refractivity contribution in [3.05, 3.63) is 146 Å². The Morgan fingerprint density at radius 1 is 0.476 bits per heavy atom. The van der Waals surface area contributed by atoms with Crippen LogP contribution in [0.4, 0.5) is 0 Å². The van der Waals surface area contributed by atoms with Gasteiger partial charge in [-0.25, -0.2) is 0 Å². The zero-order valence-corrected chi connectivity index (χ0v) is 22.1. The van der Waals surface area contributed by atoms with Crippen molar-refractivity contribution in [1.82, 2.24) is 0 Å². The van der Waals surface area contributed by atoms with Gasteiger partial charge in [0.25, 0.3) is 0 Å². The quantitative estimate of drug-likeness (QED) is 0.207. The minimum Gasteiger partial charge on any atom is -0.464 e. The van der Waals surface area contributed by atoms with Crippen LogP contribution in [0.3, 0.4) is 0 Å². The summed E-state index contributed by atoms with van der Waals surface area (Å²) in [6, 6.07) is 28.4. The molecule has 0 fully saturated rings. The summed E-state index contributed by atoms with van der Waals surface area (Å²) in [5.74, 6) is 0. The number of benzene rings is 7. The molecule has 0 atom stereocenters. The van der Waals surface area contributed by atoms with Gasteiger partial charge < -0.3 is 8.83 Å². The van der Waals surface area contributed by atoms with Gasteiger partial charge in [-0.3, -0.25) is 0 Å². The third-order valence-electron chi connectivity index (χ3n) is 8.08. The van der Waals surface area contributed by atoms with Crippen LogP contribution in [0.1, 0.15) is 9.60 Å². The lowest BCUT2D eigenvalue weighted by Crippen LogP contribution is -1.90. The molecular weight excluding hydrogens is 512 g/mol. The molecular formula is C40H24O2. The highest BCUT2D eigenvalue weighted by Crippen LogP contribution is 2.44. The summed E-state index contributed by atoms with van der Waals surface area (Å²) in [6.45, 7) is 0. The number of para-hydroxylation sites is 1. The van der Waals surface area contributed by atoms with Crippen LogP contribution in [-0.4, -0.2) is 0 Å². The maximum atomic E-state index is 9.13. The standard InChI is InChI=1S/C40H24O2/c1-2-9-26(10-3-1)36-30-11-4-6-13-32(30)37(33-14-7-5-12-31(33)36)27-19-17-25(18-20-27)29-15-8-16-34-38-35(42-40(29)34)22-21-28-23-24-41-39(28)38/h1-24H/i4D,5D,6D,7D,11D,13D,14D. The largest absolute Gasteiger partial charge is 0.464 e. The average molecular weight is 544 g/mol. The van der Waals surface area contributed by atoms with Gasteiger partial charge in [0.15, 0.2) is 0 Å². The highest BCUT2D eigenvalue weighted by molar-refractivity contribution is 6.22. The van der Waals surface area contributed by atoms with Crippen molar-refractivity contribution in [3.63, 3.8) is 0 Å². The molecule has 0 aliphatic heterocycles. The Hall–Kier alpha value is -5.60. The van der Waals surface area contributed by atoms with Gasteiger partial charge in [0.05, 0.1) is 21.2 Å². The summed E-state index contributed by atoms with van der Waals surface area (Å²) in [7, 11) is 0. The summed E-state index contributed by atoms with van der Waals surface area (Å²) in [5.41, 5.74) is 6.14. The van der Waals surface area contributed by atoms with Crippen LogP contribution < -0.4 is 0 Å². The number of rotatable bonds is 3. The second kappa shape index (κ2) is 8.95. The van der Waals surface area contributed by atoms with Crippen LogP contribution in [0.15, 0.2) is 154 Å². The zero-order valence-electron chi connectivity index (χ0n) is 29.1. The summed E-state index contributed by atoms with van der Waals surface area (Å²) < 4.78 is 73.9. The van der Waals surface area contributed by atoms with Crippen LogP contribution in [0.5, 0.6) is 0 Å². The summed E-state index contributed by atoms with van der Waals surface area (Å²) in [4.78, 5) is 0. The SMILES string of the molecule is [2H]c1cc2c(-c3ccccc3)c3c([2H])c([2H])c([2H])c([2H])c3c(-c3ccc(-c4cccc5c4oc4ccc6ccoc6c45)cc3)c2c([2H])c1[2H]. The zero-order chi connectivity index (χ0) is 33.7. The molecule has 2 heterocycles. The summed E-state index contributed by atoms with van der Waals surface area (Å²) >= 11 is 0. The molecule has 0 bridgehead atoms. The van der Waals surface area contributed by atoms with Crippen LogP contribution >= 0.6 is 0 Å². The lowest BCUT2D eigenvalue weighted by Gasteiger charge is -2.18. The summed E-state index contributed by atoms with van der Waals surface area (Å²) in [5, 5.41) is 4.22. The van der Waals surface area contributed by atoms with E-state index in [0.717, 1.165) is 38.5 Å². The van der Waals surface area contributed by atoms with Crippen LogP contribution in [-0.2, 0) is 0 Å². The molecule has 9 rings (SSSR count). The third kappa shape index (κ3) is 3.33. The van der Waals surface area contributed by atoms with Gasteiger partial charge in [-0.05, 0) is 67.6 Å². The van der Waals surface area contributed by atoms with Crippen molar-refractivity contribution in [2.75, 3.05) is 0 Å². The number of hydrogen-bond acceptors (Lipinski definition) is 2. The molecule has 0 radical (unpaired) electrons. The Morgan fingerprint density at radius 2 is 1.17 bits per heavy atom. The van der Waals surface area contributed by atoms with E-state index in [1.165, 1.54) is 6.07 Å². The van der Waals surface area contributed by atoms with Crippen LogP contribution in [0.2, 0.25) is 0 Å². The Labute approximate surface area is 251 Å². The van der Waals surface area contributed by atoms with Crippen molar-refractivity contribution < 1.29 is 18.4 Å². The lowest BCUT2D eigenvalue weighted by atomic mass is 9.85. The molecule has 2 nitrogen and oxygen atoms in total. The molecule has 0 saturated heterocycles. The van der Waals surface area contributed by atoms with Crippen LogP contribution in [0, 0.1) is 0 Å². The Kier molecular flexibility index (Phi) is 3.68. The maximum absolute atomic E-state index is 9.13. The van der Waals surface area contributed by atoms with Gasteiger partial charge in [-0.1, -0.05) is 121 Å². The molecule has 0 amide bonds. The first-order valence-corrected chi connectivity index (χ1v) is 13.7. The molecule has 2 aromatic heterocycles. The minimum atomic E-state index is -0.384. The molecule has 0 aliphatic carbocycles. The molecule has 0 unspecified atom stereocenters. The fraction of sp³-hybridized carbons (Fsp3) is 0. The molecule has 9 aromatic rings. The highest BCUT2D eigenvalue weighted by atomic mass is 16.3. The molecule has 7 aromatic carbocycles. The molecule has 42 heavy (non-hydrogen) atoms. The molecule has 196 valence electrons. The first kappa shape index (κ1) is 17.3. The number of fused-ring (bicyclic) bond motifs is 7. The second-order valence-corrected chi connectivity index (χ2v) is 10.3.